The van der Waals surface area contributed by atoms with Crippen molar-refractivity contribution in [3.05, 3.63) is 66.8 Å². The second-order valence-electron chi connectivity index (χ2n) is 7.86. The molecular weight excluding hydrogens is 434 g/mol. The quantitative estimate of drug-likeness (QED) is 0.390. The van der Waals surface area contributed by atoms with Crippen LogP contribution in [0, 0.1) is 0 Å². The number of aromatic nitrogens is 3. The van der Waals surface area contributed by atoms with Crippen LogP contribution in [-0.4, -0.2) is 57.6 Å². The zero-order chi connectivity index (χ0) is 23.2. The fourth-order valence-electron chi connectivity index (χ4n) is 3.87. The van der Waals surface area contributed by atoms with Gasteiger partial charge >= 0.3 is 0 Å². The molecule has 4 N–H and O–H groups in total. The summed E-state index contributed by atoms with van der Waals surface area (Å²) in [6.07, 6.45) is 9.15. The molecular formula is C24H29N7OS. The van der Waals surface area contributed by atoms with Gasteiger partial charge < -0.3 is 16.2 Å². The molecule has 33 heavy (non-hydrogen) atoms. The Labute approximate surface area is 198 Å². The van der Waals surface area contributed by atoms with Gasteiger partial charge in [0.25, 0.3) is 0 Å². The Hall–Kier alpha value is -3.30. The Morgan fingerprint density at radius 3 is 2.70 bits per heavy atom. The van der Waals surface area contributed by atoms with E-state index >= 15 is 0 Å². The van der Waals surface area contributed by atoms with Crippen molar-refractivity contribution in [1.82, 2.24) is 19.4 Å². The molecule has 9 heteroatoms. The zero-order valence-electron chi connectivity index (χ0n) is 18.7. The molecule has 0 saturated carbocycles. The number of hydrogen-bond donors (Lipinski definition) is 2. The van der Waals surface area contributed by atoms with Crippen LogP contribution in [0.15, 0.2) is 76.9 Å². The van der Waals surface area contributed by atoms with E-state index in [4.69, 9.17) is 16.2 Å². The fraction of sp³-hybridized carbons (Fsp3) is 0.292. The number of rotatable bonds is 8. The molecule has 172 valence electrons. The van der Waals surface area contributed by atoms with Gasteiger partial charge in [0.1, 0.15) is 23.2 Å². The Kier molecular flexibility index (Phi) is 7.31. The predicted molar refractivity (Wildman–Crippen MR) is 135 cm³/mol. The lowest BCUT2D eigenvalue weighted by molar-refractivity contribution is 0.106. The van der Waals surface area contributed by atoms with Gasteiger partial charge in [0.15, 0.2) is 10.8 Å². The molecule has 0 atom stereocenters. The number of nitrogens with zero attached hydrogens (tertiary/aromatic N) is 5. The molecule has 0 aliphatic carbocycles. The van der Waals surface area contributed by atoms with E-state index in [-0.39, 0.29) is 11.9 Å². The minimum atomic E-state index is 0.187. The van der Waals surface area contributed by atoms with Gasteiger partial charge in [-0.25, -0.2) is 15.0 Å². The van der Waals surface area contributed by atoms with Crippen molar-refractivity contribution in [2.45, 2.75) is 24.1 Å². The largest absolute Gasteiger partial charge is 0.490 e. The van der Waals surface area contributed by atoms with E-state index < -0.39 is 0 Å². The molecule has 1 saturated heterocycles. The first-order chi connectivity index (χ1) is 16.1. The highest BCUT2D eigenvalue weighted by atomic mass is 32.2. The Bertz CT molecular complexity index is 1160. The van der Waals surface area contributed by atoms with Gasteiger partial charge in [-0.15, -0.1) is 0 Å². The molecule has 1 fully saturated rings. The average Bonchev–Trinajstić information content (AvgIpc) is 3.22. The lowest BCUT2D eigenvalue weighted by Crippen LogP contribution is -2.39. The van der Waals surface area contributed by atoms with Crippen LogP contribution in [0.5, 0.6) is 5.75 Å². The smallest absolute Gasteiger partial charge is 0.174 e. The van der Waals surface area contributed by atoms with Crippen LogP contribution in [0.25, 0.3) is 16.9 Å². The number of hydrogen-bond acceptors (Lipinski definition) is 8. The molecule has 0 spiro atoms. The monoisotopic (exact) mass is 463 g/mol. The number of nitrogens with two attached hydrogens (primary N) is 2. The van der Waals surface area contributed by atoms with Crippen molar-refractivity contribution in [3.8, 4) is 11.4 Å². The molecule has 8 nitrogen and oxygen atoms in total. The summed E-state index contributed by atoms with van der Waals surface area (Å²) in [5.74, 6) is 1.14. The number of fused-ring (bicyclic) bond motifs is 1. The number of thioether (sulfide) groups is 1. The van der Waals surface area contributed by atoms with Gasteiger partial charge in [-0.2, -0.15) is 0 Å². The number of piperidine rings is 1. The molecule has 3 aromatic rings. The second kappa shape index (κ2) is 10.5. The number of pyridine rings is 1. The number of benzene rings is 1. The Morgan fingerprint density at radius 2 is 2.03 bits per heavy atom. The summed E-state index contributed by atoms with van der Waals surface area (Å²) in [6, 6.07) is 12.0. The van der Waals surface area contributed by atoms with E-state index in [1.165, 1.54) is 0 Å². The molecule has 3 heterocycles. The summed E-state index contributed by atoms with van der Waals surface area (Å²) >= 11 is 1.60. The second-order valence-corrected chi connectivity index (χ2v) is 8.63. The molecule has 4 rings (SSSR count). The Morgan fingerprint density at radius 1 is 1.27 bits per heavy atom. The van der Waals surface area contributed by atoms with Crippen LogP contribution in [0.4, 0.5) is 0 Å². The Balaban J connectivity index is 1.36. The van der Waals surface area contributed by atoms with Crippen LogP contribution in [0.3, 0.4) is 0 Å². The first kappa shape index (κ1) is 22.9. The van der Waals surface area contributed by atoms with Crippen molar-refractivity contribution < 1.29 is 4.74 Å². The summed E-state index contributed by atoms with van der Waals surface area (Å²) in [6.45, 7) is 6.17. The first-order valence-corrected chi connectivity index (χ1v) is 12.1. The van der Waals surface area contributed by atoms with Crippen molar-refractivity contribution >= 4 is 29.1 Å². The molecule has 0 amide bonds. The lowest BCUT2D eigenvalue weighted by atomic mass is 10.1. The average molecular weight is 464 g/mol. The highest BCUT2D eigenvalue weighted by molar-refractivity contribution is 7.98. The third-order valence-corrected chi connectivity index (χ3v) is 6.16. The summed E-state index contributed by atoms with van der Waals surface area (Å²) in [4.78, 5) is 15.6. The molecule has 1 aromatic carbocycles. The van der Waals surface area contributed by atoms with Gasteiger partial charge in [-0.05, 0) is 67.3 Å². The maximum absolute atomic E-state index is 6.26. The van der Waals surface area contributed by atoms with E-state index in [1.807, 2.05) is 30.5 Å². The van der Waals surface area contributed by atoms with Crippen molar-refractivity contribution in [1.29, 1.82) is 0 Å². The number of aliphatic imine (C=N–C) groups is 1. The van der Waals surface area contributed by atoms with E-state index in [9.17, 15) is 0 Å². The van der Waals surface area contributed by atoms with E-state index in [1.54, 1.807) is 30.4 Å². The van der Waals surface area contributed by atoms with E-state index in [0.29, 0.717) is 0 Å². The van der Waals surface area contributed by atoms with Crippen LogP contribution < -0.4 is 16.2 Å². The third-order valence-electron chi connectivity index (χ3n) is 5.52. The van der Waals surface area contributed by atoms with Crippen LogP contribution >= 0.6 is 11.8 Å². The molecule has 1 aliphatic heterocycles. The maximum atomic E-state index is 6.26. The van der Waals surface area contributed by atoms with Crippen molar-refractivity contribution in [2.75, 3.05) is 25.9 Å². The van der Waals surface area contributed by atoms with Crippen LogP contribution in [0.2, 0.25) is 0 Å². The van der Waals surface area contributed by atoms with Gasteiger partial charge in [0.05, 0.1) is 0 Å². The van der Waals surface area contributed by atoms with Crippen LogP contribution in [-0.2, 0) is 0 Å². The zero-order valence-corrected chi connectivity index (χ0v) is 19.5. The summed E-state index contributed by atoms with van der Waals surface area (Å²) in [7, 11) is 0. The first-order valence-electron chi connectivity index (χ1n) is 10.8. The summed E-state index contributed by atoms with van der Waals surface area (Å²) in [5, 5.41) is 0.913. The number of ether oxygens (including phenoxy) is 1. The fourth-order valence-corrected chi connectivity index (χ4v) is 4.44. The normalized spacial score (nSPS) is 16.0. The van der Waals surface area contributed by atoms with Gasteiger partial charge in [-0.3, -0.25) is 9.47 Å². The van der Waals surface area contributed by atoms with Crippen molar-refractivity contribution in [3.63, 3.8) is 0 Å². The highest BCUT2D eigenvalue weighted by Gasteiger charge is 2.21. The summed E-state index contributed by atoms with van der Waals surface area (Å²) in [5.41, 5.74) is 14.9. The maximum Gasteiger partial charge on any atom is 0.174 e. The minimum Gasteiger partial charge on any atom is -0.490 e. The minimum absolute atomic E-state index is 0.187. The van der Waals surface area contributed by atoms with E-state index in [2.05, 4.69) is 43.1 Å². The third kappa shape index (κ3) is 5.55. The van der Waals surface area contributed by atoms with Gasteiger partial charge in [0.2, 0.25) is 0 Å². The van der Waals surface area contributed by atoms with Gasteiger partial charge in [-0.1, -0.05) is 18.3 Å². The molecule has 0 bridgehead atoms. The van der Waals surface area contributed by atoms with E-state index in [0.717, 1.165) is 65.8 Å². The number of likely N-dealkylation sites (tertiary alicyclic amines) is 1. The van der Waals surface area contributed by atoms with Crippen molar-refractivity contribution in [2.24, 2.45) is 16.5 Å². The number of imidazole rings is 1. The molecule has 0 radical (unpaired) electrons. The molecule has 2 aromatic heterocycles. The van der Waals surface area contributed by atoms with Crippen LogP contribution in [0.1, 0.15) is 12.8 Å². The highest BCUT2D eigenvalue weighted by Crippen LogP contribution is 2.27. The topological polar surface area (TPSA) is 108 Å². The standard InChI is InChI=1S/C24H29N7OS/c1-17(26)28-15-18(14-25)16-30-12-9-21(10-13-30)32-20-7-5-19(6-8-20)31-23-22(4-3-11-27-23)29-24(31)33-2/h3-8,11,14-15,21H,1,9-10,12-13,16,25-26H2,2H3/b18-14+,28-15?. The predicted octanol–water partition coefficient (Wildman–Crippen LogP) is 3.33. The summed E-state index contributed by atoms with van der Waals surface area (Å²) < 4.78 is 8.34. The van der Waals surface area contributed by atoms with Gasteiger partial charge in [0, 0.05) is 37.7 Å². The molecule has 1 aliphatic rings. The lowest BCUT2D eigenvalue weighted by Gasteiger charge is -2.32. The SMILES string of the molecule is C=C(N)N=C/C(=C\N)CN1CCC(Oc2ccc(-n3c(SC)nc4cccnc43)cc2)CC1. The molecule has 0 unspecified atom stereocenters.